The maximum absolute atomic E-state index is 13.1. The summed E-state index contributed by atoms with van der Waals surface area (Å²) in [4.78, 5) is 11.9. The molecule has 0 aromatic heterocycles. The highest BCUT2D eigenvalue weighted by Gasteiger charge is 2.21. The van der Waals surface area contributed by atoms with E-state index in [1.807, 2.05) is 13.8 Å². The molecule has 114 valence electrons. The van der Waals surface area contributed by atoms with Gasteiger partial charge in [0, 0.05) is 0 Å². The second-order valence-corrected chi connectivity index (χ2v) is 6.61. The van der Waals surface area contributed by atoms with Crippen molar-refractivity contribution in [3.05, 3.63) is 0 Å². The third-order valence-electron chi connectivity index (χ3n) is 2.82. The van der Waals surface area contributed by atoms with E-state index in [-0.39, 0.29) is 11.2 Å². The van der Waals surface area contributed by atoms with E-state index in [0.29, 0.717) is 25.4 Å². The number of ether oxygens (including phenoxy) is 1. The number of alkyl halides is 1. The quantitative estimate of drug-likeness (QED) is 0.411. The van der Waals surface area contributed by atoms with Crippen LogP contribution < -0.4 is 0 Å². The Kier molecular flexibility index (Phi) is 11.4. The van der Waals surface area contributed by atoms with Gasteiger partial charge in [-0.15, -0.1) is 11.8 Å². The second-order valence-electron chi connectivity index (χ2n) is 5.30. The van der Waals surface area contributed by atoms with Gasteiger partial charge in [-0.1, -0.05) is 27.7 Å². The summed E-state index contributed by atoms with van der Waals surface area (Å²) in [5, 5.41) is -0.0914. The number of carbonyl (C=O) groups excluding carboxylic acids is 1. The van der Waals surface area contributed by atoms with Crippen molar-refractivity contribution in [1.82, 2.24) is 0 Å². The van der Waals surface area contributed by atoms with Gasteiger partial charge in [0.25, 0.3) is 0 Å². The van der Waals surface area contributed by atoms with Gasteiger partial charge in [-0.3, -0.25) is 4.79 Å². The van der Waals surface area contributed by atoms with Crippen molar-refractivity contribution < 1.29 is 13.9 Å². The first-order valence-electron chi connectivity index (χ1n) is 7.43. The summed E-state index contributed by atoms with van der Waals surface area (Å²) in [6.07, 6.45) is 3.00. The molecule has 0 fully saturated rings. The van der Waals surface area contributed by atoms with Crippen LogP contribution in [0.1, 0.15) is 59.8 Å². The number of rotatable bonds is 11. The second kappa shape index (κ2) is 11.6. The Bertz CT molecular complexity index is 234. The number of esters is 1. The molecule has 0 aromatic carbocycles. The molecule has 0 spiro atoms. The molecule has 0 N–H and O–H groups in total. The Morgan fingerprint density at radius 1 is 1.32 bits per heavy atom. The van der Waals surface area contributed by atoms with Crippen molar-refractivity contribution >= 4 is 17.7 Å². The van der Waals surface area contributed by atoms with E-state index in [9.17, 15) is 9.18 Å². The first-order chi connectivity index (χ1) is 9.01. The lowest BCUT2D eigenvalue weighted by atomic mass is 10.1. The topological polar surface area (TPSA) is 26.3 Å². The molecule has 4 heteroatoms. The number of hydrogen-bond acceptors (Lipinski definition) is 3. The summed E-state index contributed by atoms with van der Waals surface area (Å²) >= 11 is 1.62. The molecule has 0 aliphatic heterocycles. The zero-order valence-corrected chi connectivity index (χ0v) is 13.6. The Hall–Kier alpha value is -0.250. The van der Waals surface area contributed by atoms with Crippen LogP contribution in [0.4, 0.5) is 4.39 Å². The summed E-state index contributed by atoms with van der Waals surface area (Å²) in [6, 6.07) is 0. The highest BCUT2D eigenvalue weighted by molar-refractivity contribution is 8.00. The van der Waals surface area contributed by atoms with Gasteiger partial charge in [0.05, 0.1) is 12.8 Å². The fourth-order valence-corrected chi connectivity index (χ4v) is 3.03. The van der Waals surface area contributed by atoms with Crippen molar-refractivity contribution in [3.8, 4) is 0 Å². The van der Waals surface area contributed by atoms with Crippen LogP contribution in [0.25, 0.3) is 0 Å². The van der Waals surface area contributed by atoms with E-state index in [2.05, 4.69) is 13.8 Å². The number of thioether (sulfide) groups is 1. The molecule has 0 saturated heterocycles. The first-order valence-corrected chi connectivity index (χ1v) is 8.48. The third kappa shape index (κ3) is 10.2. The lowest BCUT2D eigenvalue weighted by Crippen LogP contribution is -2.23. The molecule has 0 rings (SSSR count). The zero-order chi connectivity index (χ0) is 14.7. The van der Waals surface area contributed by atoms with Crippen LogP contribution >= 0.6 is 11.8 Å². The molecule has 0 saturated carbocycles. The molecule has 0 bridgehead atoms. The largest absolute Gasteiger partial charge is 0.465 e. The van der Waals surface area contributed by atoms with E-state index < -0.39 is 6.17 Å². The maximum Gasteiger partial charge on any atom is 0.319 e. The fraction of sp³-hybridized carbons (Fsp3) is 0.933. The van der Waals surface area contributed by atoms with Crippen LogP contribution in [-0.4, -0.2) is 29.8 Å². The SMILES string of the molecule is CCCOC(=O)C(CC(C)C)SCCCC(F)CC. The van der Waals surface area contributed by atoms with E-state index in [1.54, 1.807) is 11.8 Å². The minimum absolute atomic E-state index is 0.0914. The smallest absolute Gasteiger partial charge is 0.319 e. The highest BCUT2D eigenvalue weighted by Crippen LogP contribution is 2.23. The van der Waals surface area contributed by atoms with Crippen molar-refractivity contribution in [2.24, 2.45) is 5.92 Å². The molecule has 2 atom stereocenters. The minimum Gasteiger partial charge on any atom is -0.465 e. The van der Waals surface area contributed by atoms with Gasteiger partial charge in [-0.25, -0.2) is 4.39 Å². The summed E-state index contributed by atoms with van der Waals surface area (Å²) in [7, 11) is 0. The van der Waals surface area contributed by atoms with Crippen molar-refractivity contribution in [3.63, 3.8) is 0 Å². The molecule has 0 aliphatic carbocycles. The molecule has 0 aromatic rings. The average molecular weight is 292 g/mol. The van der Waals surface area contributed by atoms with Crippen LogP contribution in [0.3, 0.4) is 0 Å². The predicted molar refractivity (Wildman–Crippen MR) is 81.4 cm³/mol. The summed E-state index contributed by atoms with van der Waals surface area (Å²) in [5.74, 6) is 1.20. The van der Waals surface area contributed by atoms with Crippen LogP contribution in [0.15, 0.2) is 0 Å². The van der Waals surface area contributed by atoms with Crippen molar-refractivity contribution in [1.29, 1.82) is 0 Å². The first kappa shape index (κ1) is 18.8. The summed E-state index contributed by atoms with van der Waals surface area (Å²) < 4.78 is 18.3. The number of hydrogen-bond donors (Lipinski definition) is 0. The van der Waals surface area contributed by atoms with E-state index in [0.717, 1.165) is 25.0 Å². The normalized spacial score (nSPS) is 14.4. The highest BCUT2D eigenvalue weighted by atomic mass is 32.2. The van der Waals surface area contributed by atoms with Crippen LogP contribution in [-0.2, 0) is 9.53 Å². The van der Waals surface area contributed by atoms with Crippen LogP contribution in [0, 0.1) is 5.92 Å². The van der Waals surface area contributed by atoms with E-state index >= 15 is 0 Å². The standard InChI is InChI=1S/C15H29FO2S/c1-5-9-18-15(17)14(11-12(3)4)19-10-7-8-13(16)6-2/h12-14H,5-11H2,1-4H3. The van der Waals surface area contributed by atoms with E-state index in [1.165, 1.54) is 0 Å². The zero-order valence-electron chi connectivity index (χ0n) is 12.8. The Morgan fingerprint density at radius 2 is 2.00 bits per heavy atom. The third-order valence-corrected chi connectivity index (χ3v) is 4.13. The number of halogens is 1. The maximum atomic E-state index is 13.1. The molecule has 19 heavy (non-hydrogen) atoms. The Labute approximate surface area is 121 Å². The Morgan fingerprint density at radius 3 is 2.53 bits per heavy atom. The fourth-order valence-electron chi connectivity index (χ4n) is 1.69. The molecular weight excluding hydrogens is 263 g/mol. The minimum atomic E-state index is -0.698. The van der Waals surface area contributed by atoms with Gasteiger partial charge < -0.3 is 4.74 Å². The molecular formula is C15H29FO2S. The predicted octanol–water partition coefficient (Wildman–Crippen LogP) is 4.62. The van der Waals surface area contributed by atoms with Crippen molar-refractivity contribution in [2.75, 3.05) is 12.4 Å². The van der Waals surface area contributed by atoms with E-state index in [4.69, 9.17) is 4.74 Å². The van der Waals surface area contributed by atoms with Gasteiger partial charge >= 0.3 is 5.97 Å². The van der Waals surface area contributed by atoms with Gasteiger partial charge in [0.2, 0.25) is 0 Å². The van der Waals surface area contributed by atoms with Gasteiger partial charge in [0.15, 0.2) is 0 Å². The molecule has 2 unspecified atom stereocenters. The lowest BCUT2D eigenvalue weighted by Gasteiger charge is -2.17. The van der Waals surface area contributed by atoms with Gasteiger partial charge in [-0.2, -0.15) is 0 Å². The monoisotopic (exact) mass is 292 g/mol. The number of carbonyl (C=O) groups is 1. The van der Waals surface area contributed by atoms with Gasteiger partial charge in [0.1, 0.15) is 5.25 Å². The lowest BCUT2D eigenvalue weighted by molar-refractivity contribution is -0.143. The Balaban J connectivity index is 4.02. The molecule has 0 aliphatic rings. The van der Waals surface area contributed by atoms with Gasteiger partial charge in [-0.05, 0) is 43.8 Å². The van der Waals surface area contributed by atoms with Crippen molar-refractivity contribution in [2.45, 2.75) is 71.2 Å². The molecule has 0 heterocycles. The van der Waals surface area contributed by atoms with Crippen LogP contribution in [0.5, 0.6) is 0 Å². The average Bonchev–Trinajstić information content (AvgIpc) is 2.38. The van der Waals surface area contributed by atoms with Crippen LogP contribution in [0.2, 0.25) is 0 Å². The molecule has 0 radical (unpaired) electrons. The summed E-state index contributed by atoms with van der Waals surface area (Å²) in [6.45, 7) is 8.56. The summed E-state index contributed by atoms with van der Waals surface area (Å²) in [5.41, 5.74) is 0. The molecule has 0 amide bonds. The molecule has 2 nitrogen and oxygen atoms in total.